The number of aliphatic hydroxyl groups excluding tert-OH is 8. The Morgan fingerprint density at radius 3 is 2.09 bits per heavy atom. The number of carbonyl (C=O) groups excluding carboxylic acids is 1. The molecule has 0 aromatic carbocycles. The maximum absolute atomic E-state index is 12.4. The number of hydrogen-bond acceptors (Lipinski definition) is 13. The van der Waals surface area contributed by atoms with Gasteiger partial charge < -0.3 is 65.1 Å². The zero-order chi connectivity index (χ0) is 31.9. The Kier molecular flexibility index (Phi) is 17.3. The lowest BCUT2D eigenvalue weighted by Gasteiger charge is -2.46. The van der Waals surface area contributed by atoms with Crippen LogP contribution < -0.4 is 5.32 Å². The average Bonchev–Trinajstić information content (AvgIpc) is 3.00. The fraction of sp³-hybridized carbons (Fsp3) is 0.828. The van der Waals surface area contributed by atoms with Crippen LogP contribution in [0, 0.1) is 0 Å². The van der Waals surface area contributed by atoms with Crippen molar-refractivity contribution in [2.75, 3.05) is 19.8 Å². The van der Waals surface area contributed by atoms with Crippen molar-refractivity contribution in [3.05, 3.63) is 24.3 Å². The third kappa shape index (κ3) is 11.4. The lowest BCUT2D eigenvalue weighted by atomic mass is 9.97. The van der Waals surface area contributed by atoms with Gasteiger partial charge in [0.1, 0.15) is 48.8 Å². The molecule has 0 aromatic heterocycles. The van der Waals surface area contributed by atoms with Crippen LogP contribution in [0.25, 0.3) is 0 Å². The van der Waals surface area contributed by atoms with Crippen LogP contribution in [-0.2, 0) is 23.7 Å². The molecule has 9 N–H and O–H groups in total. The fourth-order valence-electron chi connectivity index (χ4n) is 4.70. The number of nitrogens with one attached hydrogen (secondary N) is 1. The second-order valence-electron chi connectivity index (χ2n) is 10.9. The van der Waals surface area contributed by atoms with Gasteiger partial charge >= 0.3 is 0 Å². The number of amides is 1. The third-order valence-corrected chi connectivity index (χ3v) is 7.37. The number of rotatable bonds is 18. The van der Waals surface area contributed by atoms with E-state index in [2.05, 4.69) is 24.4 Å². The first-order valence-corrected chi connectivity index (χ1v) is 15.1. The first-order valence-electron chi connectivity index (χ1n) is 15.1. The number of ether oxygens (including phenoxy) is 4. The highest BCUT2D eigenvalue weighted by atomic mass is 16.7. The zero-order valence-electron chi connectivity index (χ0n) is 24.9. The number of aliphatic hydroxyl groups is 8. The summed E-state index contributed by atoms with van der Waals surface area (Å²) < 4.78 is 22.2. The van der Waals surface area contributed by atoms with Crippen LogP contribution in [0.4, 0.5) is 0 Å². The van der Waals surface area contributed by atoms with Gasteiger partial charge in [-0.15, -0.1) is 0 Å². The minimum atomic E-state index is -1.78. The predicted octanol–water partition coefficient (Wildman–Crippen LogP) is -1.64. The van der Waals surface area contributed by atoms with Crippen LogP contribution >= 0.6 is 0 Å². The van der Waals surface area contributed by atoms with Gasteiger partial charge in [0, 0.05) is 6.42 Å². The number of allylic oxidation sites excluding steroid dienone is 3. The highest BCUT2D eigenvalue weighted by Gasteiger charge is 2.50. The van der Waals surface area contributed by atoms with Gasteiger partial charge in [0.25, 0.3) is 0 Å². The van der Waals surface area contributed by atoms with Crippen molar-refractivity contribution < 1.29 is 64.6 Å². The Bertz CT molecular complexity index is 841. The van der Waals surface area contributed by atoms with Gasteiger partial charge in [0.05, 0.1) is 32.0 Å². The molecule has 2 fully saturated rings. The van der Waals surface area contributed by atoms with E-state index in [1.165, 1.54) is 0 Å². The van der Waals surface area contributed by atoms with Gasteiger partial charge in [-0.05, 0) is 25.7 Å². The summed E-state index contributed by atoms with van der Waals surface area (Å²) in [6.07, 6.45) is -4.25. The van der Waals surface area contributed by atoms with Crippen LogP contribution in [-0.4, -0.2) is 140 Å². The molecule has 12 unspecified atom stereocenters. The Hall–Kier alpha value is -1.53. The molecule has 2 saturated heterocycles. The molecule has 2 rings (SSSR count). The van der Waals surface area contributed by atoms with E-state index in [0.29, 0.717) is 12.8 Å². The van der Waals surface area contributed by atoms with Crippen molar-refractivity contribution in [1.29, 1.82) is 0 Å². The quantitative estimate of drug-likeness (QED) is 0.0619. The molecule has 0 aromatic rings. The van der Waals surface area contributed by atoms with Crippen LogP contribution in [0.3, 0.4) is 0 Å². The van der Waals surface area contributed by atoms with E-state index in [-0.39, 0.29) is 18.9 Å². The van der Waals surface area contributed by atoms with Crippen LogP contribution in [0.1, 0.15) is 58.8 Å². The molecule has 1 amide bonds. The van der Waals surface area contributed by atoms with Gasteiger partial charge in [0.2, 0.25) is 5.91 Å². The van der Waals surface area contributed by atoms with Crippen molar-refractivity contribution in [2.24, 2.45) is 0 Å². The minimum Gasteiger partial charge on any atom is -0.394 e. The van der Waals surface area contributed by atoms with Crippen molar-refractivity contribution in [3.8, 4) is 0 Å². The summed E-state index contributed by atoms with van der Waals surface area (Å²) in [6, 6.07) is -0.917. The lowest BCUT2D eigenvalue weighted by Crippen LogP contribution is -2.65. The molecule has 43 heavy (non-hydrogen) atoms. The largest absolute Gasteiger partial charge is 0.394 e. The average molecular weight is 622 g/mol. The topological polar surface area (TPSA) is 228 Å². The number of hydrogen-bond donors (Lipinski definition) is 9. The first kappa shape index (κ1) is 37.7. The molecule has 14 nitrogen and oxygen atoms in total. The molecular formula is C29H51NO13. The van der Waals surface area contributed by atoms with E-state index in [1.807, 2.05) is 6.92 Å². The zero-order valence-corrected chi connectivity index (χ0v) is 24.9. The summed E-state index contributed by atoms with van der Waals surface area (Å²) in [5.41, 5.74) is 0. The molecule has 2 heterocycles. The number of unbranched alkanes of at least 4 members (excludes halogenated alkanes) is 3. The minimum absolute atomic E-state index is 0.247. The maximum Gasteiger partial charge on any atom is 0.220 e. The van der Waals surface area contributed by atoms with Gasteiger partial charge in [-0.3, -0.25) is 4.79 Å². The lowest BCUT2D eigenvalue weighted by molar-refractivity contribution is -0.359. The van der Waals surface area contributed by atoms with E-state index >= 15 is 0 Å². The van der Waals surface area contributed by atoms with E-state index < -0.39 is 86.8 Å². The van der Waals surface area contributed by atoms with E-state index in [4.69, 9.17) is 18.9 Å². The molecule has 14 heteroatoms. The molecule has 12 atom stereocenters. The predicted molar refractivity (Wildman–Crippen MR) is 152 cm³/mol. The Labute approximate surface area is 252 Å². The van der Waals surface area contributed by atoms with Crippen molar-refractivity contribution in [2.45, 2.75) is 132 Å². The molecule has 0 radical (unpaired) electrons. The van der Waals surface area contributed by atoms with Gasteiger partial charge in [-0.2, -0.15) is 0 Å². The van der Waals surface area contributed by atoms with Gasteiger partial charge in [-0.1, -0.05) is 51.0 Å². The summed E-state index contributed by atoms with van der Waals surface area (Å²) >= 11 is 0. The SMILES string of the molecule is CCC/C=C/CC/C=C/C(O)C(COC1OC(CO)C(OC2OC(CO)C(O)C(O)C2O)C(O)C1O)NC(=O)CCCC. The van der Waals surface area contributed by atoms with E-state index in [1.54, 1.807) is 12.2 Å². The Balaban J connectivity index is 2.05. The summed E-state index contributed by atoms with van der Waals surface area (Å²) in [7, 11) is 0. The van der Waals surface area contributed by atoms with Gasteiger partial charge in [-0.25, -0.2) is 0 Å². The molecule has 0 spiro atoms. The first-order chi connectivity index (χ1) is 20.6. The second kappa shape index (κ2) is 19.8. The van der Waals surface area contributed by atoms with E-state index in [0.717, 1.165) is 25.7 Å². The monoisotopic (exact) mass is 621 g/mol. The van der Waals surface area contributed by atoms with Crippen LogP contribution in [0.2, 0.25) is 0 Å². The van der Waals surface area contributed by atoms with Crippen LogP contribution in [0.15, 0.2) is 24.3 Å². The highest BCUT2D eigenvalue weighted by molar-refractivity contribution is 5.76. The summed E-state index contributed by atoms with van der Waals surface area (Å²) in [5, 5.41) is 84.7. The van der Waals surface area contributed by atoms with Crippen molar-refractivity contribution in [1.82, 2.24) is 5.32 Å². The third-order valence-electron chi connectivity index (χ3n) is 7.37. The normalized spacial score (nSPS) is 34.9. The molecule has 0 saturated carbocycles. The molecule has 0 bridgehead atoms. The Morgan fingerprint density at radius 1 is 0.814 bits per heavy atom. The maximum atomic E-state index is 12.4. The molecule has 0 aliphatic carbocycles. The fourth-order valence-corrected chi connectivity index (χ4v) is 4.70. The van der Waals surface area contributed by atoms with Crippen molar-refractivity contribution >= 4 is 5.91 Å². The molecular weight excluding hydrogens is 570 g/mol. The van der Waals surface area contributed by atoms with Gasteiger partial charge in [0.15, 0.2) is 12.6 Å². The van der Waals surface area contributed by atoms with Crippen molar-refractivity contribution in [3.63, 3.8) is 0 Å². The highest BCUT2D eigenvalue weighted by Crippen LogP contribution is 2.29. The van der Waals surface area contributed by atoms with E-state index in [9.17, 15) is 45.6 Å². The summed E-state index contributed by atoms with van der Waals surface area (Å²) in [5.74, 6) is -0.295. The molecule has 2 aliphatic rings. The molecule has 2 aliphatic heterocycles. The smallest absolute Gasteiger partial charge is 0.220 e. The molecule has 250 valence electrons. The number of carbonyl (C=O) groups is 1. The standard InChI is InChI=1S/C29H51NO13/c1-3-5-7-8-9-10-11-12-18(33)17(30-21(34)13-6-4-2)16-40-28-26(39)24(37)27(20(15-32)42-28)43-29-25(38)23(36)22(35)19(14-31)41-29/h7-8,11-12,17-20,22-29,31-33,35-39H,3-6,9-10,13-16H2,1-2H3,(H,30,34)/b8-7+,12-11+. The summed E-state index contributed by atoms with van der Waals surface area (Å²) in [4.78, 5) is 12.4. The second-order valence-corrected chi connectivity index (χ2v) is 10.9. The summed E-state index contributed by atoms with van der Waals surface area (Å²) in [6.45, 7) is 2.30. The Morgan fingerprint density at radius 2 is 1.44 bits per heavy atom. The van der Waals surface area contributed by atoms with Crippen LogP contribution in [0.5, 0.6) is 0 Å².